The molecule has 0 aliphatic heterocycles. The lowest BCUT2D eigenvalue weighted by Gasteiger charge is -2.19. The summed E-state index contributed by atoms with van der Waals surface area (Å²) in [6.07, 6.45) is 70.6. The largest absolute Gasteiger partial charge is 0.472 e. The van der Waals surface area contributed by atoms with Crippen LogP contribution in [0.4, 0.5) is 0 Å². The Bertz CT molecular complexity index is 1170. The maximum Gasteiger partial charge on any atom is 0.472 e. The minimum atomic E-state index is -4.38. The predicted octanol–water partition coefficient (Wildman–Crippen LogP) is 21.0. The van der Waals surface area contributed by atoms with Crippen molar-refractivity contribution >= 4 is 19.8 Å². The fraction of sp³-hybridized carbons (Fsp3) is 0.969. The van der Waals surface area contributed by atoms with Crippen molar-refractivity contribution in [1.82, 2.24) is 0 Å². The number of carbonyl (C=O) groups excluding carboxylic acids is 2. The number of hydrogen-bond donors (Lipinski definition) is 2. The molecule has 0 fully saturated rings. The molecular formula is C64H128NO8P. The van der Waals surface area contributed by atoms with Gasteiger partial charge in [-0.1, -0.05) is 341 Å². The average Bonchev–Trinajstić information content (AvgIpc) is 3.39. The highest BCUT2D eigenvalue weighted by Gasteiger charge is 2.26. The standard InChI is InChI=1S/C64H128NO8P/c1-3-5-7-9-11-13-15-17-19-21-23-24-25-26-27-28-29-30-31-32-33-34-35-36-37-38-39-41-43-45-47-49-51-53-55-57-64(67)73-62(61-72-74(68,69)71-59-58-65)60-70-63(66)56-54-52-50-48-46-44-42-40-22-20-18-16-14-12-10-8-6-4-2/h62H,3-61,65H2,1-2H3,(H,68,69). The molecule has 0 aromatic heterocycles. The molecule has 2 unspecified atom stereocenters. The van der Waals surface area contributed by atoms with Gasteiger partial charge >= 0.3 is 19.8 Å². The monoisotopic (exact) mass is 1070 g/mol. The Labute approximate surface area is 460 Å². The number of ether oxygens (including phenoxy) is 2. The summed E-state index contributed by atoms with van der Waals surface area (Å²) in [4.78, 5) is 35.2. The van der Waals surface area contributed by atoms with Crippen LogP contribution in [0, 0.1) is 0 Å². The zero-order valence-corrected chi connectivity index (χ0v) is 50.5. The highest BCUT2D eigenvalue weighted by atomic mass is 31.2. The Morgan fingerprint density at radius 3 is 0.824 bits per heavy atom. The smallest absolute Gasteiger partial charge is 0.462 e. The first-order chi connectivity index (χ1) is 36.3. The van der Waals surface area contributed by atoms with E-state index < -0.39 is 26.5 Å². The molecule has 0 amide bonds. The Morgan fingerprint density at radius 1 is 0.351 bits per heavy atom. The summed E-state index contributed by atoms with van der Waals surface area (Å²) >= 11 is 0. The summed E-state index contributed by atoms with van der Waals surface area (Å²) in [5, 5.41) is 0. The summed E-state index contributed by atoms with van der Waals surface area (Å²) in [6.45, 7) is 3.83. The predicted molar refractivity (Wildman–Crippen MR) is 317 cm³/mol. The van der Waals surface area contributed by atoms with Crippen molar-refractivity contribution in [3.63, 3.8) is 0 Å². The van der Waals surface area contributed by atoms with Gasteiger partial charge in [-0.05, 0) is 12.8 Å². The fourth-order valence-electron chi connectivity index (χ4n) is 10.3. The Kier molecular flexibility index (Phi) is 60.4. The normalized spacial score (nSPS) is 12.9. The molecule has 0 bridgehead atoms. The molecule has 0 spiro atoms. The second kappa shape index (κ2) is 61.2. The van der Waals surface area contributed by atoms with Crippen molar-refractivity contribution in [2.24, 2.45) is 5.73 Å². The molecule has 0 aromatic rings. The van der Waals surface area contributed by atoms with E-state index in [1.165, 1.54) is 302 Å². The third-order valence-electron chi connectivity index (χ3n) is 15.2. The summed E-state index contributed by atoms with van der Waals surface area (Å²) in [5.74, 6) is -0.800. The summed E-state index contributed by atoms with van der Waals surface area (Å²) < 4.78 is 33.1. The van der Waals surface area contributed by atoms with Crippen LogP contribution in [0.3, 0.4) is 0 Å². The van der Waals surface area contributed by atoms with Gasteiger partial charge in [0.2, 0.25) is 0 Å². The molecule has 0 radical (unpaired) electrons. The lowest BCUT2D eigenvalue weighted by Crippen LogP contribution is -2.29. The van der Waals surface area contributed by atoms with Crippen molar-refractivity contribution < 1.29 is 37.6 Å². The summed E-state index contributed by atoms with van der Waals surface area (Å²) in [7, 11) is -4.38. The van der Waals surface area contributed by atoms with E-state index in [2.05, 4.69) is 13.8 Å². The molecule has 0 saturated carbocycles. The van der Waals surface area contributed by atoms with Gasteiger partial charge in [-0.3, -0.25) is 18.6 Å². The summed E-state index contributed by atoms with van der Waals surface area (Å²) in [6, 6.07) is 0. The zero-order chi connectivity index (χ0) is 53.8. The first-order valence-electron chi connectivity index (χ1n) is 33.0. The van der Waals surface area contributed by atoms with E-state index in [1.807, 2.05) is 0 Å². The second-order valence-electron chi connectivity index (χ2n) is 22.7. The van der Waals surface area contributed by atoms with Gasteiger partial charge in [0, 0.05) is 19.4 Å². The topological polar surface area (TPSA) is 134 Å². The highest BCUT2D eigenvalue weighted by molar-refractivity contribution is 7.47. The van der Waals surface area contributed by atoms with Crippen molar-refractivity contribution in [3.8, 4) is 0 Å². The highest BCUT2D eigenvalue weighted by Crippen LogP contribution is 2.43. The van der Waals surface area contributed by atoms with Crippen molar-refractivity contribution in [1.29, 1.82) is 0 Å². The van der Waals surface area contributed by atoms with E-state index in [1.54, 1.807) is 0 Å². The van der Waals surface area contributed by atoms with Gasteiger partial charge in [0.25, 0.3) is 0 Å². The van der Waals surface area contributed by atoms with Crippen molar-refractivity contribution in [3.05, 3.63) is 0 Å². The van der Waals surface area contributed by atoms with Crippen LogP contribution in [0.1, 0.15) is 367 Å². The van der Waals surface area contributed by atoms with E-state index >= 15 is 0 Å². The SMILES string of the molecule is CCCCCCCCCCCCCCCCCCCCCCCCCCCCCCCCCCCCCC(=O)OC(COC(=O)CCCCCCCCCCCCCCCCCCCC)COP(=O)(O)OCCN. The molecular weight excluding hydrogens is 942 g/mol. The van der Waals surface area contributed by atoms with Crippen LogP contribution in [0.25, 0.3) is 0 Å². The Morgan fingerprint density at radius 2 is 0.581 bits per heavy atom. The van der Waals surface area contributed by atoms with Gasteiger partial charge in [-0.2, -0.15) is 0 Å². The molecule has 0 aliphatic carbocycles. The fourth-order valence-corrected chi connectivity index (χ4v) is 11.1. The van der Waals surface area contributed by atoms with Gasteiger partial charge in [-0.15, -0.1) is 0 Å². The zero-order valence-electron chi connectivity index (χ0n) is 49.6. The molecule has 0 rings (SSSR count). The minimum absolute atomic E-state index is 0.0587. The molecule has 2 atom stereocenters. The van der Waals surface area contributed by atoms with Crippen molar-refractivity contribution in [2.75, 3.05) is 26.4 Å². The van der Waals surface area contributed by atoms with E-state index in [-0.39, 0.29) is 38.6 Å². The molecule has 9 nitrogen and oxygen atoms in total. The first-order valence-corrected chi connectivity index (χ1v) is 34.5. The third kappa shape index (κ3) is 60.2. The van der Waals surface area contributed by atoms with Gasteiger partial charge in [0.1, 0.15) is 6.61 Å². The summed E-state index contributed by atoms with van der Waals surface area (Å²) in [5.41, 5.74) is 5.39. The number of esters is 2. The number of carbonyl (C=O) groups is 2. The van der Waals surface area contributed by atoms with Crippen LogP contribution in [0.15, 0.2) is 0 Å². The van der Waals surface area contributed by atoms with Gasteiger partial charge < -0.3 is 20.1 Å². The van der Waals surface area contributed by atoms with Crippen LogP contribution in [0.2, 0.25) is 0 Å². The average molecular weight is 1070 g/mol. The van der Waals surface area contributed by atoms with Gasteiger partial charge in [0.15, 0.2) is 6.10 Å². The molecule has 0 aliphatic rings. The molecule has 0 aromatic carbocycles. The van der Waals surface area contributed by atoms with Gasteiger partial charge in [0.05, 0.1) is 13.2 Å². The van der Waals surface area contributed by atoms with E-state index in [0.717, 1.165) is 32.1 Å². The van der Waals surface area contributed by atoms with Crippen molar-refractivity contribution in [2.45, 2.75) is 373 Å². The lowest BCUT2D eigenvalue weighted by molar-refractivity contribution is -0.161. The quantitative estimate of drug-likeness (QED) is 0.0347. The van der Waals surface area contributed by atoms with E-state index in [4.69, 9.17) is 24.3 Å². The number of phosphoric acid groups is 1. The van der Waals surface area contributed by atoms with Crippen LogP contribution < -0.4 is 5.73 Å². The maximum absolute atomic E-state index is 12.7. The van der Waals surface area contributed by atoms with E-state index in [0.29, 0.717) is 6.42 Å². The van der Waals surface area contributed by atoms with Crippen LogP contribution in [0.5, 0.6) is 0 Å². The number of rotatable bonds is 64. The molecule has 10 heteroatoms. The number of phosphoric ester groups is 1. The Hall–Kier alpha value is -0.990. The van der Waals surface area contributed by atoms with Gasteiger partial charge in [-0.25, -0.2) is 4.57 Å². The molecule has 3 N–H and O–H groups in total. The molecule has 442 valence electrons. The van der Waals surface area contributed by atoms with E-state index in [9.17, 15) is 19.0 Å². The molecule has 74 heavy (non-hydrogen) atoms. The maximum atomic E-state index is 12.7. The van der Waals surface area contributed by atoms with Crippen LogP contribution in [-0.2, 0) is 32.7 Å². The number of nitrogens with two attached hydrogens (primary N) is 1. The molecule has 0 heterocycles. The third-order valence-corrected chi connectivity index (χ3v) is 16.2. The number of unbranched alkanes of at least 4 members (excludes halogenated alkanes) is 51. The lowest BCUT2D eigenvalue weighted by atomic mass is 10.0. The molecule has 0 saturated heterocycles. The Balaban J connectivity index is 3.76. The first kappa shape index (κ1) is 73.0. The van der Waals surface area contributed by atoms with Crippen LogP contribution in [-0.4, -0.2) is 49.3 Å². The number of hydrogen-bond acceptors (Lipinski definition) is 8. The van der Waals surface area contributed by atoms with Crippen LogP contribution >= 0.6 is 7.82 Å². The second-order valence-corrected chi connectivity index (χ2v) is 24.2. The minimum Gasteiger partial charge on any atom is -0.462 e.